The van der Waals surface area contributed by atoms with E-state index in [1.165, 1.54) is 0 Å². The SMILES string of the molecule is OCCCCn1ccc2c(CO)cccc21. The van der Waals surface area contributed by atoms with E-state index < -0.39 is 0 Å². The minimum atomic E-state index is 0.0813. The standard InChI is InChI=1S/C13H17NO2/c15-9-2-1-7-14-8-6-12-11(10-16)4-3-5-13(12)14/h3-6,8,15-16H,1-2,7,9-10H2. The van der Waals surface area contributed by atoms with Crippen molar-refractivity contribution in [3.8, 4) is 0 Å². The minimum Gasteiger partial charge on any atom is -0.396 e. The molecular formula is C13H17NO2. The van der Waals surface area contributed by atoms with Gasteiger partial charge in [0.15, 0.2) is 0 Å². The molecule has 1 heterocycles. The van der Waals surface area contributed by atoms with Crippen LogP contribution >= 0.6 is 0 Å². The molecule has 2 rings (SSSR count). The van der Waals surface area contributed by atoms with Gasteiger partial charge in [0.25, 0.3) is 0 Å². The van der Waals surface area contributed by atoms with E-state index in [1.807, 2.05) is 24.4 Å². The normalized spacial score (nSPS) is 11.1. The smallest absolute Gasteiger partial charge is 0.0688 e. The molecule has 0 aliphatic heterocycles. The number of nitrogens with zero attached hydrogens (tertiary/aromatic N) is 1. The van der Waals surface area contributed by atoms with Crippen molar-refractivity contribution < 1.29 is 10.2 Å². The largest absolute Gasteiger partial charge is 0.396 e. The highest BCUT2D eigenvalue weighted by Crippen LogP contribution is 2.20. The van der Waals surface area contributed by atoms with E-state index in [1.54, 1.807) is 0 Å². The van der Waals surface area contributed by atoms with Gasteiger partial charge in [-0.3, -0.25) is 0 Å². The summed E-state index contributed by atoms with van der Waals surface area (Å²) in [4.78, 5) is 0. The summed E-state index contributed by atoms with van der Waals surface area (Å²) in [6.07, 6.45) is 3.85. The molecule has 0 saturated carbocycles. The van der Waals surface area contributed by atoms with Crippen LogP contribution in [-0.4, -0.2) is 21.4 Å². The van der Waals surface area contributed by atoms with Gasteiger partial charge in [0.05, 0.1) is 6.61 Å². The molecule has 0 saturated heterocycles. The van der Waals surface area contributed by atoms with Crippen molar-refractivity contribution in [2.24, 2.45) is 0 Å². The fourth-order valence-electron chi connectivity index (χ4n) is 2.01. The maximum Gasteiger partial charge on any atom is 0.0688 e. The zero-order valence-corrected chi connectivity index (χ0v) is 9.26. The second-order valence-electron chi connectivity index (χ2n) is 3.95. The molecule has 1 aromatic carbocycles. The highest BCUT2D eigenvalue weighted by atomic mass is 16.3. The maximum atomic E-state index is 9.22. The molecule has 16 heavy (non-hydrogen) atoms. The molecule has 0 fully saturated rings. The topological polar surface area (TPSA) is 45.4 Å². The highest BCUT2D eigenvalue weighted by molar-refractivity contribution is 5.83. The van der Waals surface area contributed by atoms with Crippen molar-refractivity contribution in [2.45, 2.75) is 26.0 Å². The molecule has 3 nitrogen and oxygen atoms in total. The first-order chi connectivity index (χ1) is 7.86. The molecule has 0 radical (unpaired) electrons. The minimum absolute atomic E-state index is 0.0813. The van der Waals surface area contributed by atoms with Gasteiger partial charge in [-0.15, -0.1) is 0 Å². The molecule has 0 atom stereocenters. The number of aromatic nitrogens is 1. The lowest BCUT2D eigenvalue weighted by atomic mass is 10.1. The molecule has 2 N–H and O–H groups in total. The molecule has 2 aromatic rings. The van der Waals surface area contributed by atoms with Crippen LogP contribution in [0.25, 0.3) is 10.9 Å². The molecule has 0 aliphatic rings. The fourth-order valence-corrected chi connectivity index (χ4v) is 2.01. The van der Waals surface area contributed by atoms with Gasteiger partial charge in [0.2, 0.25) is 0 Å². The summed E-state index contributed by atoms with van der Waals surface area (Å²) < 4.78 is 2.17. The summed E-state index contributed by atoms with van der Waals surface area (Å²) in [6, 6.07) is 8.02. The number of rotatable bonds is 5. The average molecular weight is 219 g/mol. The van der Waals surface area contributed by atoms with E-state index in [0.29, 0.717) is 0 Å². The molecule has 0 aliphatic carbocycles. The summed E-state index contributed by atoms with van der Waals surface area (Å²) >= 11 is 0. The molecular weight excluding hydrogens is 202 g/mol. The number of aryl methyl sites for hydroxylation is 1. The van der Waals surface area contributed by atoms with E-state index >= 15 is 0 Å². The Balaban J connectivity index is 2.27. The van der Waals surface area contributed by atoms with E-state index in [2.05, 4.69) is 10.6 Å². The number of fused-ring (bicyclic) bond motifs is 1. The first-order valence-corrected chi connectivity index (χ1v) is 5.65. The Kier molecular flexibility index (Phi) is 3.59. The number of aliphatic hydroxyl groups excluding tert-OH is 2. The van der Waals surface area contributed by atoms with Gasteiger partial charge in [0, 0.05) is 30.3 Å². The Morgan fingerprint density at radius 1 is 1.06 bits per heavy atom. The lowest BCUT2D eigenvalue weighted by Gasteiger charge is -2.05. The third-order valence-corrected chi connectivity index (χ3v) is 2.88. The molecule has 0 spiro atoms. The fraction of sp³-hybridized carbons (Fsp3) is 0.385. The summed E-state index contributed by atoms with van der Waals surface area (Å²) in [5.74, 6) is 0. The van der Waals surface area contributed by atoms with Gasteiger partial charge in [-0.2, -0.15) is 0 Å². The van der Waals surface area contributed by atoms with Crippen LogP contribution in [0.4, 0.5) is 0 Å². The summed E-state index contributed by atoms with van der Waals surface area (Å²) in [5.41, 5.74) is 2.13. The average Bonchev–Trinajstić information content (AvgIpc) is 2.73. The summed E-state index contributed by atoms with van der Waals surface area (Å²) in [5, 5.41) is 19.1. The monoisotopic (exact) mass is 219 g/mol. The van der Waals surface area contributed by atoms with Gasteiger partial charge in [0.1, 0.15) is 0 Å². The van der Waals surface area contributed by atoms with Crippen LogP contribution < -0.4 is 0 Å². The van der Waals surface area contributed by atoms with Crippen molar-refractivity contribution in [2.75, 3.05) is 6.61 Å². The molecule has 86 valence electrons. The predicted molar refractivity (Wildman–Crippen MR) is 64.2 cm³/mol. The Bertz CT molecular complexity index is 462. The van der Waals surface area contributed by atoms with Crippen molar-refractivity contribution in [1.29, 1.82) is 0 Å². The molecule has 3 heteroatoms. The van der Waals surface area contributed by atoms with Gasteiger partial charge in [-0.25, -0.2) is 0 Å². The quantitative estimate of drug-likeness (QED) is 0.754. The second-order valence-corrected chi connectivity index (χ2v) is 3.95. The summed E-state index contributed by atoms with van der Waals surface area (Å²) in [6.45, 7) is 1.25. The predicted octanol–water partition coefficient (Wildman–Crippen LogP) is 1.91. The molecule has 1 aromatic heterocycles. The number of aliphatic hydroxyl groups is 2. The van der Waals surface area contributed by atoms with Crippen LogP contribution in [0.1, 0.15) is 18.4 Å². The first-order valence-electron chi connectivity index (χ1n) is 5.65. The van der Waals surface area contributed by atoms with Gasteiger partial charge >= 0.3 is 0 Å². The third-order valence-electron chi connectivity index (χ3n) is 2.88. The van der Waals surface area contributed by atoms with E-state index in [9.17, 15) is 5.11 Å². The third kappa shape index (κ3) is 2.10. The second kappa shape index (κ2) is 5.14. The number of benzene rings is 1. The number of hydrogen-bond donors (Lipinski definition) is 2. The van der Waals surface area contributed by atoms with E-state index in [0.717, 1.165) is 35.9 Å². The zero-order chi connectivity index (χ0) is 11.4. The zero-order valence-electron chi connectivity index (χ0n) is 9.26. The number of unbranched alkanes of at least 4 members (excludes halogenated alkanes) is 1. The van der Waals surface area contributed by atoms with Crippen molar-refractivity contribution in [3.63, 3.8) is 0 Å². The molecule has 0 unspecified atom stereocenters. The van der Waals surface area contributed by atoms with E-state index in [4.69, 9.17) is 5.11 Å². The van der Waals surface area contributed by atoms with Crippen LogP contribution in [0.3, 0.4) is 0 Å². The van der Waals surface area contributed by atoms with Gasteiger partial charge in [-0.1, -0.05) is 12.1 Å². The highest BCUT2D eigenvalue weighted by Gasteiger charge is 2.04. The van der Waals surface area contributed by atoms with E-state index in [-0.39, 0.29) is 13.2 Å². The Labute approximate surface area is 94.9 Å². The Morgan fingerprint density at radius 3 is 2.69 bits per heavy atom. The van der Waals surface area contributed by atoms with Crippen molar-refractivity contribution in [3.05, 3.63) is 36.0 Å². The lowest BCUT2D eigenvalue weighted by Crippen LogP contribution is -1.97. The van der Waals surface area contributed by atoms with Crippen molar-refractivity contribution in [1.82, 2.24) is 4.57 Å². The van der Waals surface area contributed by atoms with Gasteiger partial charge < -0.3 is 14.8 Å². The maximum absolute atomic E-state index is 9.22. The lowest BCUT2D eigenvalue weighted by molar-refractivity contribution is 0.281. The van der Waals surface area contributed by atoms with Gasteiger partial charge in [-0.05, 0) is 30.5 Å². The van der Waals surface area contributed by atoms with Crippen LogP contribution in [0.2, 0.25) is 0 Å². The molecule has 0 amide bonds. The molecule has 0 bridgehead atoms. The van der Waals surface area contributed by atoms with Crippen molar-refractivity contribution >= 4 is 10.9 Å². The first kappa shape index (κ1) is 11.2. The Hall–Kier alpha value is -1.32. The summed E-state index contributed by atoms with van der Waals surface area (Å²) in [7, 11) is 0. The van der Waals surface area contributed by atoms with Crippen LogP contribution in [0.5, 0.6) is 0 Å². The Morgan fingerprint density at radius 2 is 1.94 bits per heavy atom. The van der Waals surface area contributed by atoms with Crippen LogP contribution in [0.15, 0.2) is 30.5 Å². The number of hydrogen-bond acceptors (Lipinski definition) is 2. The van der Waals surface area contributed by atoms with Crippen LogP contribution in [-0.2, 0) is 13.2 Å². The van der Waals surface area contributed by atoms with Crippen LogP contribution in [0, 0.1) is 0 Å².